The number of nitrogens with one attached hydrogen (secondary N) is 2. The van der Waals surface area contributed by atoms with Crippen LogP contribution in [0.1, 0.15) is 37.7 Å². The van der Waals surface area contributed by atoms with Gasteiger partial charge in [-0.1, -0.05) is 31.4 Å². The summed E-state index contributed by atoms with van der Waals surface area (Å²) in [7, 11) is -0.305. The molecule has 1 aliphatic carbocycles. The van der Waals surface area contributed by atoms with E-state index in [9.17, 15) is 13.2 Å². The molecule has 0 spiro atoms. The van der Waals surface area contributed by atoms with Crippen molar-refractivity contribution in [2.24, 2.45) is 0 Å². The van der Waals surface area contributed by atoms with Crippen molar-refractivity contribution in [2.45, 2.75) is 49.5 Å². The van der Waals surface area contributed by atoms with Crippen molar-refractivity contribution in [3.05, 3.63) is 54.1 Å². The van der Waals surface area contributed by atoms with E-state index in [0.29, 0.717) is 5.69 Å². The molecule has 1 amide bonds. The topological polar surface area (TPSA) is 87.7 Å². The van der Waals surface area contributed by atoms with Crippen molar-refractivity contribution < 1.29 is 17.9 Å². The fourth-order valence-electron chi connectivity index (χ4n) is 3.78. The molecule has 2 aromatic carbocycles. The van der Waals surface area contributed by atoms with Crippen LogP contribution in [0.4, 0.5) is 5.69 Å². The van der Waals surface area contributed by atoms with E-state index in [1.165, 1.54) is 10.7 Å². The summed E-state index contributed by atoms with van der Waals surface area (Å²) in [6.45, 7) is 0. The largest absolute Gasteiger partial charge is 0.497 e. The van der Waals surface area contributed by atoms with Gasteiger partial charge in [0.15, 0.2) is 5.11 Å². The van der Waals surface area contributed by atoms with E-state index < -0.39 is 10.0 Å². The van der Waals surface area contributed by atoms with Gasteiger partial charge in [0.05, 0.1) is 18.4 Å². The number of hydrogen-bond acceptors (Lipinski definition) is 5. The Hall–Kier alpha value is -2.49. The van der Waals surface area contributed by atoms with Crippen molar-refractivity contribution in [3.63, 3.8) is 0 Å². The van der Waals surface area contributed by atoms with Crippen LogP contribution >= 0.6 is 12.2 Å². The molecule has 32 heavy (non-hydrogen) atoms. The van der Waals surface area contributed by atoms with Crippen LogP contribution in [0.2, 0.25) is 0 Å². The standard InChI is InChI=1S/C23H29N3O4S2/c1-26(19-6-4-3-5-7-19)32(28,29)21-14-10-18(11-15-21)24-23(31)25-22(27)16-17-8-12-20(30-2)13-9-17/h8-15,19H,3-7,16H2,1-2H3,(H2,24,25,27,31). The van der Waals surface area contributed by atoms with Crippen molar-refractivity contribution >= 4 is 38.9 Å². The molecule has 1 aliphatic rings. The molecule has 1 fully saturated rings. The van der Waals surface area contributed by atoms with Crippen LogP contribution in [0.5, 0.6) is 5.75 Å². The number of methoxy groups -OCH3 is 1. The number of ether oxygens (including phenoxy) is 1. The van der Waals surface area contributed by atoms with E-state index >= 15 is 0 Å². The number of rotatable bonds is 7. The van der Waals surface area contributed by atoms with E-state index in [4.69, 9.17) is 17.0 Å². The molecule has 0 bridgehead atoms. The summed E-state index contributed by atoms with van der Waals surface area (Å²) >= 11 is 5.21. The predicted octanol–water partition coefficient (Wildman–Crippen LogP) is 3.70. The molecule has 7 nitrogen and oxygen atoms in total. The van der Waals surface area contributed by atoms with E-state index in [2.05, 4.69) is 10.6 Å². The molecular weight excluding hydrogens is 446 g/mol. The second-order valence-corrected chi connectivity index (χ2v) is 10.3. The molecule has 0 radical (unpaired) electrons. The summed E-state index contributed by atoms with van der Waals surface area (Å²) < 4.78 is 32.5. The average molecular weight is 476 g/mol. The van der Waals surface area contributed by atoms with E-state index in [1.54, 1.807) is 50.6 Å². The lowest BCUT2D eigenvalue weighted by Crippen LogP contribution is -2.38. The minimum absolute atomic E-state index is 0.0556. The molecule has 0 unspecified atom stereocenters. The number of benzene rings is 2. The normalized spacial score (nSPS) is 14.7. The predicted molar refractivity (Wildman–Crippen MR) is 129 cm³/mol. The maximum Gasteiger partial charge on any atom is 0.243 e. The van der Waals surface area contributed by atoms with Gasteiger partial charge in [0.2, 0.25) is 15.9 Å². The van der Waals surface area contributed by atoms with Gasteiger partial charge in [-0.25, -0.2) is 8.42 Å². The van der Waals surface area contributed by atoms with Crippen LogP contribution < -0.4 is 15.4 Å². The van der Waals surface area contributed by atoms with Crippen LogP contribution in [-0.4, -0.2) is 43.9 Å². The van der Waals surface area contributed by atoms with Gasteiger partial charge in [0, 0.05) is 18.8 Å². The van der Waals surface area contributed by atoms with Crippen molar-refractivity contribution in [3.8, 4) is 5.75 Å². The number of carbonyl (C=O) groups excluding carboxylic acids is 1. The molecule has 0 heterocycles. The van der Waals surface area contributed by atoms with Gasteiger partial charge in [-0.2, -0.15) is 4.31 Å². The van der Waals surface area contributed by atoms with E-state index in [-0.39, 0.29) is 28.4 Å². The van der Waals surface area contributed by atoms with Crippen LogP contribution in [0.3, 0.4) is 0 Å². The summed E-state index contributed by atoms with van der Waals surface area (Å²) in [5, 5.41) is 5.71. The maximum atomic E-state index is 12.9. The zero-order valence-electron chi connectivity index (χ0n) is 18.3. The first-order valence-corrected chi connectivity index (χ1v) is 12.5. The Morgan fingerprint density at radius 3 is 2.28 bits per heavy atom. The second kappa shape index (κ2) is 10.9. The Balaban J connectivity index is 1.54. The van der Waals surface area contributed by atoms with Gasteiger partial charge in [0.25, 0.3) is 0 Å². The second-order valence-electron chi connectivity index (χ2n) is 7.86. The van der Waals surface area contributed by atoms with E-state index in [1.807, 2.05) is 12.1 Å². The Morgan fingerprint density at radius 1 is 1.06 bits per heavy atom. The number of anilines is 1. The summed E-state index contributed by atoms with van der Waals surface area (Å²) in [5.41, 5.74) is 1.43. The lowest BCUT2D eigenvalue weighted by Gasteiger charge is -2.30. The first kappa shape index (κ1) is 24.2. The fraction of sp³-hybridized carbons (Fsp3) is 0.391. The Kier molecular flexibility index (Phi) is 8.22. The van der Waals surface area contributed by atoms with Gasteiger partial charge in [-0.15, -0.1) is 0 Å². The Bertz CT molecular complexity index is 1030. The van der Waals surface area contributed by atoms with Gasteiger partial charge < -0.3 is 15.4 Å². The smallest absolute Gasteiger partial charge is 0.243 e. The van der Waals surface area contributed by atoms with Gasteiger partial charge in [-0.3, -0.25) is 4.79 Å². The first-order valence-electron chi connectivity index (χ1n) is 10.6. The lowest BCUT2D eigenvalue weighted by atomic mass is 9.96. The minimum atomic E-state index is -3.55. The highest BCUT2D eigenvalue weighted by Crippen LogP contribution is 2.27. The molecule has 1 saturated carbocycles. The molecule has 3 rings (SSSR count). The molecule has 0 atom stereocenters. The zero-order valence-corrected chi connectivity index (χ0v) is 20.0. The molecule has 0 aliphatic heterocycles. The average Bonchev–Trinajstić information content (AvgIpc) is 2.79. The molecule has 0 saturated heterocycles. The summed E-state index contributed by atoms with van der Waals surface area (Å²) in [6, 6.07) is 13.7. The zero-order chi connectivity index (χ0) is 23.1. The summed E-state index contributed by atoms with van der Waals surface area (Å²) in [6.07, 6.45) is 5.28. The van der Waals surface area contributed by atoms with Crippen molar-refractivity contribution in [2.75, 3.05) is 19.5 Å². The fourth-order valence-corrected chi connectivity index (χ4v) is 5.43. The monoisotopic (exact) mass is 475 g/mol. The molecule has 2 aromatic rings. The molecule has 9 heteroatoms. The minimum Gasteiger partial charge on any atom is -0.497 e. The third kappa shape index (κ3) is 6.27. The number of sulfonamides is 1. The van der Waals surface area contributed by atoms with Gasteiger partial charge >= 0.3 is 0 Å². The third-order valence-corrected chi connectivity index (χ3v) is 7.78. The molecule has 0 aromatic heterocycles. The quantitative estimate of drug-likeness (QED) is 0.594. The number of carbonyl (C=O) groups is 1. The highest BCUT2D eigenvalue weighted by atomic mass is 32.2. The molecule has 172 valence electrons. The van der Waals surface area contributed by atoms with Crippen LogP contribution in [0.25, 0.3) is 0 Å². The van der Waals surface area contributed by atoms with Gasteiger partial charge in [-0.05, 0) is 67.0 Å². The summed E-state index contributed by atoms with van der Waals surface area (Å²) in [5.74, 6) is 0.475. The SMILES string of the molecule is COc1ccc(CC(=O)NC(=S)Nc2ccc(S(=O)(=O)N(C)C3CCCCC3)cc2)cc1. The van der Waals surface area contributed by atoms with Crippen LogP contribution in [0.15, 0.2) is 53.4 Å². The van der Waals surface area contributed by atoms with E-state index in [0.717, 1.165) is 37.0 Å². The lowest BCUT2D eigenvalue weighted by molar-refractivity contribution is -0.119. The molecule has 2 N–H and O–H groups in total. The number of amides is 1. The number of thiocarbonyl (C=S) groups is 1. The number of nitrogens with zero attached hydrogens (tertiary/aromatic N) is 1. The van der Waals surface area contributed by atoms with Crippen LogP contribution in [-0.2, 0) is 21.2 Å². The Morgan fingerprint density at radius 2 is 1.69 bits per heavy atom. The molecular formula is C23H29N3O4S2. The maximum absolute atomic E-state index is 12.9. The van der Waals surface area contributed by atoms with Gasteiger partial charge in [0.1, 0.15) is 5.75 Å². The Labute approximate surface area is 195 Å². The van der Waals surface area contributed by atoms with Crippen molar-refractivity contribution in [1.29, 1.82) is 0 Å². The highest BCUT2D eigenvalue weighted by Gasteiger charge is 2.28. The third-order valence-electron chi connectivity index (χ3n) is 5.65. The summed E-state index contributed by atoms with van der Waals surface area (Å²) in [4.78, 5) is 12.5. The van der Waals surface area contributed by atoms with Crippen LogP contribution in [0, 0.1) is 0 Å². The number of hydrogen-bond donors (Lipinski definition) is 2. The highest BCUT2D eigenvalue weighted by molar-refractivity contribution is 7.89. The van der Waals surface area contributed by atoms with Crippen molar-refractivity contribution in [1.82, 2.24) is 9.62 Å². The first-order chi connectivity index (χ1) is 15.3.